The summed E-state index contributed by atoms with van der Waals surface area (Å²) in [6, 6.07) is 7.65. The first kappa shape index (κ1) is 15.4. The third kappa shape index (κ3) is 3.38. The minimum absolute atomic E-state index is 0.0908. The number of Topliss-reactive ketones (excluding diaryl/α,β-unsaturated/α-hetero) is 1. The van der Waals surface area contributed by atoms with Crippen molar-refractivity contribution >= 4 is 11.7 Å². The maximum atomic E-state index is 12.6. The highest BCUT2D eigenvalue weighted by atomic mass is 16.5. The first-order chi connectivity index (χ1) is 10.5. The molecule has 0 bridgehead atoms. The SMILES string of the molecule is CC(C)C(NC(=O)c1cnoc1)C(=O)c1ccc(C#N)cc1. The lowest BCUT2D eigenvalue weighted by Gasteiger charge is -2.20. The highest BCUT2D eigenvalue weighted by Gasteiger charge is 2.26. The fraction of sp³-hybridized carbons (Fsp3) is 0.250. The molecule has 1 atom stereocenters. The third-order valence-electron chi connectivity index (χ3n) is 3.23. The summed E-state index contributed by atoms with van der Waals surface area (Å²) in [4.78, 5) is 24.6. The fourth-order valence-corrected chi connectivity index (χ4v) is 1.97. The Hall–Kier alpha value is -2.94. The molecule has 0 radical (unpaired) electrons. The number of aromatic nitrogens is 1. The van der Waals surface area contributed by atoms with Crippen molar-refractivity contribution in [3.8, 4) is 6.07 Å². The second-order valence-corrected chi connectivity index (χ2v) is 5.16. The summed E-state index contributed by atoms with van der Waals surface area (Å²) in [6.07, 6.45) is 2.51. The van der Waals surface area contributed by atoms with Crippen LogP contribution in [0.3, 0.4) is 0 Å². The smallest absolute Gasteiger partial charge is 0.256 e. The lowest BCUT2D eigenvalue weighted by molar-refractivity contribution is 0.0831. The van der Waals surface area contributed by atoms with Gasteiger partial charge in [-0.3, -0.25) is 9.59 Å². The van der Waals surface area contributed by atoms with Gasteiger partial charge in [-0.2, -0.15) is 5.26 Å². The Kier molecular flexibility index (Phi) is 4.69. The van der Waals surface area contributed by atoms with Crippen LogP contribution in [-0.2, 0) is 0 Å². The Labute approximate surface area is 127 Å². The van der Waals surface area contributed by atoms with E-state index in [0.717, 1.165) is 0 Å². The summed E-state index contributed by atoms with van der Waals surface area (Å²) in [7, 11) is 0. The Balaban J connectivity index is 2.18. The number of nitriles is 1. The van der Waals surface area contributed by atoms with E-state index in [1.165, 1.54) is 12.5 Å². The molecule has 1 unspecified atom stereocenters. The maximum absolute atomic E-state index is 12.6. The molecule has 0 fully saturated rings. The Morgan fingerprint density at radius 1 is 1.23 bits per heavy atom. The highest BCUT2D eigenvalue weighted by molar-refractivity contribution is 6.04. The standard InChI is InChI=1S/C16H15N3O3/c1-10(2)14(19-16(21)13-8-18-22-9-13)15(20)12-5-3-11(7-17)4-6-12/h3-6,8-10,14H,1-2H3,(H,19,21). The molecule has 0 saturated carbocycles. The van der Waals surface area contributed by atoms with Gasteiger partial charge in [0.2, 0.25) is 0 Å². The molecule has 0 aliphatic heterocycles. The van der Waals surface area contributed by atoms with Gasteiger partial charge in [-0.25, -0.2) is 0 Å². The van der Waals surface area contributed by atoms with Crippen LogP contribution in [0.15, 0.2) is 41.2 Å². The molecule has 1 heterocycles. The monoisotopic (exact) mass is 297 g/mol. The lowest BCUT2D eigenvalue weighted by Crippen LogP contribution is -2.44. The molecule has 1 aromatic carbocycles. The van der Waals surface area contributed by atoms with Crippen molar-refractivity contribution in [1.82, 2.24) is 10.5 Å². The highest BCUT2D eigenvalue weighted by Crippen LogP contribution is 2.13. The van der Waals surface area contributed by atoms with E-state index in [1.54, 1.807) is 24.3 Å². The van der Waals surface area contributed by atoms with E-state index >= 15 is 0 Å². The lowest BCUT2D eigenvalue weighted by atomic mass is 9.94. The van der Waals surface area contributed by atoms with Gasteiger partial charge in [0.05, 0.1) is 29.4 Å². The van der Waals surface area contributed by atoms with E-state index < -0.39 is 11.9 Å². The Morgan fingerprint density at radius 2 is 1.91 bits per heavy atom. The number of ketones is 1. The van der Waals surface area contributed by atoms with Crippen molar-refractivity contribution in [2.45, 2.75) is 19.9 Å². The number of nitrogens with one attached hydrogen (secondary N) is 1. The van der Waals surface area contributed by atoms with Crippen molar-refractivity contribution in [3.63, 3.8) is 0 Å². The molecule has 0 aliphatic carbocycles. The predicted molar refractivity (Wildman–Crippen MR) is 78.1 cm³/mol. The second-order valence-electron chi connectivity index (χ2n) is 5.16. The van der Waals surface area contributed by atoms with Gasteiger partial charge in [0.1, 0.15) is 6.26 Å². The summed E-state index contributed by atoms with van der Waals surface area (Å²) < 4.78 is 4.62. The molecular weight excluding hydrogens is 282 g/mol. The minimum Gasteiger partial charge on any atom is -0.364 e. The number of nitrogens with zero attached hydrogens (tertiary/aromatic N) is 2. The van der Waals surface area contributed by atoms with Crippen molar-refractivity contribution in [3.05, 3.63) is 53.4 Å². The van der Waals surface area contributed by atoms with Crippen LogP contribution in [-0.4, -0.2) is 22.9 Å². The van der Waals surface area contributed by atoms with Crippen molar-refractivity contribution < 1.29 is 14.1 Å². The molecule has 2 aromatic rings. The average molecular weight is 297 g/mol. The second kappa shape index (κ2) is 6.68. The Morgan fingerprint density at radius 3 is 2.41 bits per heavy atom. The van der Waals surface area contributed by atoms with Crippen LogP contribution in [0.4, 0.5) is 0 Å². The number of rotatable bonds is 5. The van der Waals surface area contributed by atoms with E-state index in [2.05, 4.69) is 15.0 Å². The van der Waals surface area contributed by atoms with Crippen molar-refractivity contribution in [2.75, 3.05) is 0 Å². The van der Waals surface area contributed by atoms with E-state index in [1.807, 2.05) is 19.9 Å². The molecule has 2 rings (SSSR count). The third-order valence-corrected chi connectivity index (χ3v) is 3.23. The van der Waals surface area contributed by atoms with Gasteiger partial charge in [0, 0.05) is 5.56 Å². The topological polar surface area (TPSA) is 96.0 Å². The molecule has 22 heavy (non-hydrogen) atoms. The molecule has 0 spiro atoms. The van der Waals surface area contributed by atoms with Crippen molar-refractivity contribution in [1.29, 1.82) is 5.26 Å². The summed E-state index contributed by atoms with van der Waals surface area (Å²) >= 11 is 0. The molecular formula is C16H15N3O3. The minimum atomic E-state index is -0.671. The zero-order chi connectivity index (χ0) is 16.1. The first-order valence-corrected chi connectivity index (χ1v) is 6.77. The molecule has 1 amide bonds. The zero-order valence-electron chi connectivity index (χ0n) is 12.2. The van der Waals surface area contributed by atoms with Gasteiger partial charge >= 0.3 is 0 Å². The number of benzene rings is 1. The Bertz CT molecular complexity index is 697. The summed E-state index contributed by atoms with van der Waals surface area (Å²) in [5, 5.41) is 14.9. The van der Waals surface area contributed by atoms with Crippen LogP contribution < -0.4 is 5.32 Å². The maximum Gasteiger partial charge on any atom is 0.256 e. The fourth-order valence-electron chi connectivity index (χ4n) is 1.97. The summed E-state index contributed by atoms with van der Waals surface area (Å²) in [5.41, 5.74) is 1.19. The number of carbonyl (C=O) groups is 2. The van der Waals surface area contributed by atoms with Crippen LogP contribution in [0.1, 0.15) is 40.1 Å². The van der Waals surface area contributed by atoms with Crippen molar-refractivity contribution in [2.24, 2.45) is 5.92 Å². The van der Waals surface area contributed by atoms with Crippen LogP contribution in [0.25, 0.3) is 0 Å². The van der Waals surface area contributed by atoms with Gasteiger partial charge < -0.3 is 9.84 Å². The van der Waals surface area contributed by atoms with Crippen LogP contribution in [0.5, 0.6) is 0 Å². The predicted octanol–water partition coefficient (Wildman–Crippen LogP) is 2.18. The van der Waals surface area contributed by atoms with Crippen LogP contribution in [0, 0.1) is 17.2 Å². The van der Waals surface area contributed by atoms with Gasteiger partial charge in [-0.05, 0) is 18.1 Å². The summed E-state index contributed by atoms with van der Waals surface area (Å²) in [6.45, 7) is 3.69. The molecule has 6 nitrogen and oxygen atoms in total. The quantitative estimate of drug-likeness (QED) is 0.853. The number of carbonyl (C=O) groups excluding carboxylic acids is 2. The van der Waals surface area contributed by atoms with E-state index in [4.69, 9.17) is 5.26 Å². The van der Waals surface area contributed by atoms with Crippen LogP contribution >= 0.6 is 0 Å². The van der Waals surface area contributed by atoms with Gasteiger partial charge in [-0.1, -0.05) is 31.1 Å². The number of amides is 1. The molecule has 1 N–H and O–H groups in total. The van der Waals surface area contributed by atoms with E-state index in [0.29, 0.717) is 11.1 Å². The average Bonchev–Trinajstić information content (AvgIpc) is 3.06. The molecule has 6 heteroatoms. The first-order valence-electron chi connectivity index (χ1n) is 6.77. The van der Waals surface area contributed by atoms with Gasteiger partial charge in [0.25, 0.3) is 5.91 Å². The zero-order valence-corrected chi connectivity index (χ0v) is 12.2. The molecule has 0 saturated heterocycles. The summed E-state index contributed by atoms with van der Waals surface area (Å²) in [5.74, 6) is -0.710. The molecule has 0 aliphatic rings. The van der Waals surface area contributed by atoms with E-state index in [-0.39, 0.29) is 17.3 Å². The number of hydrogen-bond donors (Lipinski definition) is 1. The number of hydrogen-bond acceptors (Lipinski definition) is 5. The van der Waals surface area contributed by atoms with Gasteiger partial charge in [-0.15, -0.1) is 0 Å². The van der Waals surface area contributed by atoms with E-state index in [9.17, 15) is 9.59 Å². The van der Waals surface area contributed by atoms with Crippen LogP contribution in [0.2, 0.25) is 0 Å². The molecule has 112 valence electrons. The largest absolute Gasteiger partial charge is 0.364 e. The molecule has 1 aromatic heterocycles. The normalized spacial score (nSPS) is 11.7. The van der Waals surface area contributed by atoms with Gasteiger partial charge in [0.15, 0.2) is 5.78 Å².